The Morgan fingerprint density at radius 1 is 1.59 bits per heavy atom. The summed E-state index contributed by atoms with van der Waals surface area (Å²) in [7, 11) is 1.69. The number of carboxylic acid groups (broad SMARTS) is 1. The van der Waals surface area contributed by atoms with Gasteiger partial charge in [0.25, 0.3) is 0 Å². The Kier molecular flexibility index (Phi) is 4.46. The average Bonchev–Trinajstić information content (AvgIpc) is 2.63. The van der Waals surface area contributed by atoms with Gasteiger partial charge in [0.15, 0.2) is 0 Å². The number of aliphatic hydroxyl groups is 1. The van der Waals surface area contributed by atoms with Gasteiger partial charge >= 0.3 is 12.0 Å². The molecule has 1 atom stereocenters. The molecule has 1 heterocycles. The van der Waals surface area contributed by atoms with Gasteiger partial charge in [0.05, 0.1) is 11.9 Å². The Hall–Kier alpha value is -2.09. The van der Waals surface area contributed by atoms with Crippen molar-refractivity contribution in [1.29, 1.82) is 0 Å². The van der Waals surface area contributed by atoms with E-state index in [-0.39, 0.29) is 13.0 Å². The summed E-state index contributed by atoms with van der Waals surface area (Å²) in [6.07, 6.45) is 2.96. The molecule has 0 spiro atoms. The van der Waals surface area contributed by atoms with Gasteiger partial charge in [0.1, 0.15) is 6.04 Å². The molecule has 0 unspecified atom stereocenters. The van der Waals surface area contributed by atoms with Crippen LogP contribution in [0.3, 0.4) is 0 Å². The van der Waals surface area contributed by atoms with E-state index in [1.807, 2.05) is 0 Å². The summed E-state index contributed by atoms with van der Waals surface area (Å²) in [4.78, 5) is 22.1. The zero-order valence-corrected chi connectivity index (χ0v) is 9.25. The molecular weight excluding hydrogens is 228 g/mol. The summed E-state index contributed by atoms with van der Waals surface area (Å²) in [5, 5.41) is 25.9. The predicted octanol–water partition coefficient (Wildman–Crippen LogP) is -0.623. The number of urea groups is 1. The van der Waals surface area contributed by atoms with E-state index in [0.29, 0.717) is 5.69 Å². The van der Waals surface area contributed by atoms with Crippen LogP contribution in [0.4, 0.5) is 10.5 Å². The molecule has 0 aliphatic rings. The first kappa shape index (κ1) is 13.0. The highest BCUT2D eigenvalue weighted by atomic mass is 16.4. The van der Waals surface area contributed by atoms with Crippen molar-refractivity contribution in [3.8, 4) is 0 Å². The maximum Gasteiger partial charge on any atom is 0.326 e. The number of carbonyl (C=O) groups is 2. The summed E-state index contributed by atoms with van der Waals surface area (Å²) in [6.45, 7) is -0.315. The third kappa shape index (κ3) is 4.11. The number of hydrogen-bond donors (Lipinski definition) is 4. The first-order valence-electron chi connectivity index (χ1n) is 4.92. The molecule has 0 aliphatic carbocycles. The van der Waals surface area contributed by atoms with Crippen LogP contribution >= 0.6 is 0 Å². The topological polar surface area (TPSA) is 116 Å². The van der Waals surface area contributed by atoms with Crippen LogP contribution in [-0.4, -0.2) is 44.6 Å². The van der Waals surface area contributed by atoms with E-state index in [4.69, 9.17) is 10.2 Å². The molecule has 0 aromatic carbocycles. The maximum atomic E-state index is 11.4. The molecule has 8 nitrogen and oxygen atoms in total. The van der Waals surface area contributed by atoms with Crippen molar-refractivity contribution in [1.82, 2.24) is 15.1 Å². The van der Waals surface area contributed by atoms with E-state index in [2.05, 4.69) is 15.7 Å². The van der Waals surface area contributed by atoms with E-state index in [0.717, 1.165) is 0 Å². The fraction of sp³-hybridized carbons (Fsp3) is 0.444. The number of carbonyl (C=O) groups excluding carboxylic acids is 1. The van der Waals surface area contributed by atoms with Crippen molar-refractivity contribution >= 4 is 17.7 Å². The summed E-state index contributed by atoms with van der Waals surface area (Å²) in [5.74, 6) is -1.19. The van der Waals surface area contributed by atoms with Gasteiger partial charge in [-0.05, 0) is 0 Å². The molecule has 4 N–H and O–H groups in total. The Bertz CT molecular complexity index is 403. The van der Waals surface area contributed by atoms with Crippen LogP contribution in [0.15, 0.2) is 12.4 Å². The Morgan fingerprint density at radius 2 is 2.29 bits per heavy atom. The quantitative estimate of drug-likeness (QED) is 0.549. The number of aliphatic hydroxyl groups excluding tert-OH is 1. The predicted molar refractivity (Wildman–Crippen MR) is 58.5 cm³/mol. The van der Waals surface area contributed by atoms with Crippen LogP contribution in [0.5, 0.6) is 0 Å². The summed E-state index contributed by atoms with van der Waals surface area (Å²) < 4.78 is 1.50. The van der Waals surface area contributed by atoms with Crippen molar-refractivity contribution in [3.63, 3.8) is 0 Å². The number of aryl methyl sites for hydroxylation is 1. The molecule has 0 aliphatic heterocycles. The van der Waals surface area contributed by atoms with Crippen molar-refractivity contribution in [2.45, 2.75) is 12.5 Å². The molecule has 0 fully saturated rings. The van der Waals surface area contributed by atoms with E-state index in [9.17, 15) is 9.59 Å². The summed E-state index contributed by atoms with van der Waals surface area (Å²) in [6, 6.07) is -1.77. The molecule has 94 valence electrons. The van der Waals surface area contributed by atoms with Gasteiger partial charge in [-0.25, -0.2) is 9.59 Å². The molecule has 0 bridgehead atoms. The van der Waals surface area contributed by atoms with Gasteiger partial charge in [-0.1, -0.05) is 0 Å². The van der Waals surface area contributed by atoms with Crippen LogP contribution in [0, 0.1) is 0 Å². The smallest absolute Gasteiger partial charge is 0.326 e. The lowest BCUT2D eigenvalue weighted by Crippen LogP contribution is -2.43. The Morgan fingerprint density at radius 3 is 2.76 bits per heavy atom. The molecular formula is C9H14N4O4. The molecule has 1 aromatic heterocycles. The monoisotopic (exact) mass is 242 g/mol. The number of nitrogens with zero attached hydrogens (tertiary/aromatic N) is 2. The van der Waals surface area contributed by atoms with Crippen molar-refractivity contribution in [3.05, 3.63) is 12.4 Å². The lowest BCUT2D eigenvalue weighted by atomic mass is 10.2. The first-order chi connectivity index (χ1) is 8.02. The summed E-state index contributed by atoms with van der Waals surface area (Å²) in [5.41, 5.74) is 0.457. The number of anilines is 1. The van der Waals surface area contributed by atoms with Gasteiger partial charge in [-0.3, -0.25) is 4.68 Å². The molecule has 0 saturated heterocycles. The highest BCUT2D eigenvalue weighted by molar-refractivity contribution is 5.91. The lowest BCUT2D eigenvalue weighted by Gasteiger charge is -2.13. The normalized spacial score (nSPS) is 11.9. The fourth-order valence-corrected chi connectivity index (χ4v) is 1.20. The number of hydrogen-bond acceptors (Lipinski definition) is 4. The third-order valence-electron chi connectivity index (χ3n) is 1.98. The van der Waals surface area contributed by atoms with E-state index < -0.39 is 18.0 Å². The third-order valence-corrected chi connectivity index (χ3v) is 1.98. The van der Waals surface area contributed by atoms with Crippen LogP contribution in [-0.2, 0) is 11.8 Å². The SMILES string of the molecule is Cn1cc(NC(=O)N[C@@H](CCO)C(=O)O)cn1. The second kappa shape index (κ2) is 5.85. The van der Waals surface area contributed by atoms with E-state index in [1.54, 1.807) is 13.2 Å². The number of aliphatic carboxylic acids is 1. The van der Waals surface area contributed by atoms with E-state index in [1.165, 1.54) is 10.9 Å². The van der Waals surface area contributed by atoms with Crippen LogP contribution < -0.4 is 10.6 Å². The van der Waals surface area contributed by atoms with E-state index >= 15 is 0 Å². The van der Waals surface area contributed by atoms with Crippen molar-refractivity contribution in [2.24, 2.45) is 7.05 Å². The molecule has 2 amide bonds. The minimum Gasteiger partial charge on any atom is -0.480 e. The molecule has 0 saturated carbocycles. The molecule has 1 aromatic rings. The number of amides is 2. The van der Waals surface area contributed by atoms with Gasteiger partial charge in [-0.15, -0.1) is 0 Å². The minimum absolute atomic E-state index is 0.0458. The fourth-order valence-electron chi connectivity index (χ4n) is 1.20. The second-order valence-electron chi connectivity index (χ2n) is 3.40. The first-order valence-corrected chi connectivity index (χ1v) is 4.92. The number of aromatic nitrogens is 2. The summed E-state index contributed by atoms with van der Waals surface area (Å²) >= 11 is 0. The van der Waals surface area contributed by atoms with Gasteiger partial charge in [0, 0.05) is 26.3 Å². The minimum atomic E-state index is -1.19. The van der Waals surface area contributed by atoms with Gasteiger partial charge < -0.3 is 20.8 Å². The number of rotatable bonds is 5. The second-order valence-corrected chi connectivity index (χ2v) is 3.40. The Balaban J connectivity index is 2.50. The van der Waals surface area contributed by atoms with Crippen molar-refractivity contribution in [2.75, 3.05) is 11.9 Å². The largest absolute Gasteiger partial charge is 0.480 e. The van der Waals surface area contributed by atoms with Crippen LogP contribution in [0.25, 0.3) is 0 Å². The van der Waals surface area contributed by atoms with Gasteiger partial charge in [-0.2, -0.15) is 5.10 Å². The standard InChI is InChI=1S/C9H14N4O4/c1-13-5-6(4-10-13)11-9(17)12-7(2-3-14)8(15)16/h4-5,7,14H,2-3H2,1H3,(H,15,16)(H2,11,12,17)/t7-/m0/s1. The molecule has 8 heteroatoms. The zero-order valence-electron chi connectivity index (χ0n) is 9.25. The van der Waals surface area contributed by atoms with Crippen LogP contribution in [0.1, 0.15) is 6.42 Å². The molecule has 1 rings (SSSR count). The van der Waals surface area contributed by atoms with Gasteiger partial charge in [0.2, 0.25) is 0 Å². The highest BCUT2D eigenvalue weighted by Crippen LogP contribution is 2.03. The molecule has 0 radical (unpaired) electrons. The average molecular weight is 242 g/mol. The lowest BCUT2D eigenvalue weighted by molar-refractivity contribution is -0.139. The molecule has 17 heavy (non-hydrogen) atoms. The Labute approximate surface area is 97.2 Å². The zero-order chi connectivity index (χ0) is 12.8. The number of nitrogens with one attached hydrogen (secondary N) is 2. The highest BCUT2D eigenvalue weighted by Gasteiger charge is 2.19. The van der Waals surface area contributed by atoms with Crippen molar-refractivity contribution < 1.29 is 19.8 Å². The number of carboxylic acids is 1. The maximum absolute atomic E-state index is 11.4. The van der Waals surface area contributed by atoms with Crippen LogP contribution in [0.2, 0.25) is 0 Å².